The number of H-pyrrole nitrogens is 1. The molecule has 0 aliphatic carbocycles. The maximum atomic E-state index is 12.4. The molecule has 0 bridgehead atoms. The molecule has 4 rings (SSSR count). The first kappa shape index (κ1) is 22.6. The number of nitrogens with zero attached hydrogens (tertiary/aromatic N) is 4. The smallest absolute Gasteiger partial charge is 0.401 e. The molecule has 2 heterocycles. The van der Waals surface area contributed by atoms with Crippen LogP contribution in [0.3, 0.4) is 0 Å². The number of methoxy groups -OCH3 is 1. The van der Waals surface area contributed by atoms with E-state index in [2.05, 4.69) is 25.6 Å². The summed E-state index contributed by atoms with van der Waals surface area (Å²) in [6, 6.07) is 8.48. The van der Waals surface area contributed by atoms with Crippen molar-refractivity contribution in [2.75, 3.05) is 19.0 Å². The zero-order valence-corrected chi connectivity index (χ0v) is 18.0. The second-order valence-electron chi connectivity index (χ2n) is 7.43. The highest BCUT2D eigenvalue weighted by Gasteiger charge is 2.28. The number of aryl methyl sites for hydroxylation is 2. The third kappa shape index (κ3) is 4.76. The van der Waals surface area contributed by atoms with Gasteiger partial charge in [-0.1, -0.05) is 12.1 Å². The summed E-state index contributed by atoms with van der Waals surface area (Å²) in [6.45, 7) is 0.638. The van der Waals surface area contributed by atoms with E-state index >= 15 is 0 Å². The summed E-state index contributed by atoms with van der Waals surface area (Å²) >= 11 is 0. The molecule has 1 atom stereocenters. The van der Waals surface area contributed by atoms with Gasteiger partial charge in [0.2, 0.25) is 5.95 Å². The van der Waals surface area contributed by atoms with Crippen LogP contribution in [0, 0.1) is 6.92 Å². The fourth-order valence-electron chi connectivity index (χ4n) is 3.43. The van der Waals surface area contributed by atoms with Crippen LogP contribution in [0.15, 0.2) is 36.5 Å². The number of aromatic amines is 1. The highest BCUT2D eigenvalue weighted by molar-refractivity contribution is 5.87. The minimum absolute atomic E-state index is 0.170. The molecule has 0 saturated carbocycles. The number of aliphatic hydroxyl groups excluding tert-OH is 1. The van der Waals surface area contributed by atoms with Crippen molar-refractivity contribution < 1.29 is 23.0 Å². The Kier molecular flexibility index (Phi) is 5.95. The molecular formula is C21H22F3N7O2. The Morgan fingerprint density at radius 1 is 1.24 bits per heavy atom. The van der Waals surface area contributed by atoms with Gasteiger partial charge in [0.05, 0.1) is 25.4 Å². The van der Waals surface area contributed by atoms with Crippen LogP contribution in [-0.4, -0.2) is 49.9 Å². The molecule has 0 amide bonds. The van der Waals surface area contributed by atoms with E-state index < -0.39 is 18.9 Å². The Hall–Kier alpha value is -3.64. The van der Waals surface area contributed by atoms with E-state index in [1.165, 1.54) is 13.2 Å². The molecule has 4 aromatic rings. The summed E-state index contributed by atoms with van der Waals surface area (Å²) in [4.78, 5) is 4.54. The van der Waals surface area contributed by atoms with E-state index in [4.69, 9.17) is 4.74 Å². The van der Waals surface area contributed by atoms with E-state index in [0.717, 1.165) is 22.2 Å². The SMILES string of the molecule is COc1cc(-c2nc(Nc3ccc4[nH]ncc4c3C)n(C)n2)ccc1C(O)NCC(F)(F)F. The lowest BCUT2D eigenvalue weighted by molar-refractivity contribution is -0.131. The van der Waals surface area contributed by atoms with Crippen LogP contribution in [-0.2, 0) is 7.05 Å². The van der Waals surface area contributed by atoms with Crippen molar-refractivity contribution in [1.29, 1.82) is 0 Å². The summed E-state index contributed by atoms with van der Waals surface area (Å²) in [7, 11) is 3.10. The monoisotopic (exact) mass is 461 g/mol. The summed E-state index contributed by atoms with van der Waals surface area (Å²) in [6.07, 6.45) is -4.25. The van der Waals surface area contributed by atoms with Gasteiger partial charge in [0.25, 0.3) is 0 Å². The number of nitrogens with one attached hydrogen (secondary N) is 3. The Balaban J connectivity index is 1.58. The molecule has 1 unspecified atom stereocenters. The van der Waals surface area contributed by atoms with Crippen molar-refractivity contribution in [3.8, 4) is 17.1 Å². The van der Waals surface area contributed by atoms with Gasteiger partial charge in [-0.15, -0.1) is 5.10 Å². The molecule has 0 aliphatic heterocycles. The standard InChI is InChI=1S/C21H22F3N7O2/c1-11-14-9-26-29-16(14)7-6-15(11)27-20-28-18(30-31(20)2)12-4-5-13(17(8-12)33-3)19(32)25-10-21(22,23)24/h4-9,19,25,32H,10H2,1-3H3,(H,26,29)(H,27,28,30). The highest BCUT2D eigenvalue weighted by atomic mass is 19.4. The van der Waals surface area contributed by atoms with Crippen LogP contribution in [0.25, 0.3) is 22.3 Å². The van der Waals surface area contributed by atoms with Gasteiger partial charge in [0.15, 0.2) is 5.82 Å². The number of rotatable bonds is 7. The van der Waals surface area contributed by atoms with Gasteiger partial charge in [-0.05, 0) is 30.7 Å². The van der Waals surface area contributed by atoms with Gasteiger partial charge in [0, 0.05) is 29.2 Å². The quantitative estimate of drug-likeness (QED) is 0.311. The summed E-state index contributed by atoms with van der Waals surface area (Å²) in [5.74, 6) is 1.08. The maximum absolute atomic E-state index is 12.4. The number of anilines is 2. The average Bonchev–Trinajstić information content (AvgIpc) is 3.40. The van der Waals surface area contributed by atoms with E-state index in [-0.39, 0.29) is 11.3 Å². The number of alkyl halides is 3. The number of ether oxygens (including phenoxy) is 1. The number of aliphatic hydroxyl groups is 1. The molecule has 33 heavy (non-hydrogen) atoms. The van der Waals surface area contributed by atoms with Gasteiger partial charge >= 0.3 is 6.18 Å². The van der Waals surface area contributed by atoms with Crippen molar-refractivity contribution in [1.82, 2.24) is 30.3 Å². The first-order chi connectivity index (χ1) is 15.7. The molecule has 0 radical (unpaired) electrons. The van der Waals surface area contributed by atoms with Crippen molar-refractivity contribution >= 4 is 22.5 Å². The van der Waals surface area contributed by atoms with Crippen LogP contribution in [0.4, 0.5) is 24.8 Å². The third-order valence-electron chi connectivity index (χ3n) is 5.19. The number of benzene rings is 2. The van der Waals surface area contributed by atoms with Crippen LogP contribution >= 0.6 is 0 Å². The fraction of sp³-hybridized carbons (Fsp3) is 0.286. The molecule has 174 valence electrons. The topological polar surface area (TPSA) is 113 Å². The molecule has 12 heteroatoms. The Morgan fingerprint density at radius 3 is 2.76 bits per heavy atom. The summed E-state index contributed by atoms with van der Waals surface area (Å²) < 4.78 is 44.2. The van der Waals surface area contributed by atoms with Crippen LogP contribution in [0.1, 0.15) is 17.4 Å². The van der Waals surface area contributed by atoms with Crippen LogP contribution in [0.5, 0.6) is 5.75 Å². The minimum Gasteiger partial charge on any atom is -0.496 e. The normalized spacial score (nSPS) is 12.8. The Bertz CT molecular complexity index is 1280. The molecule has 4 N–H and O–H groups in total. The van der Waals surface area contributed by atoms with Gasteiger partial charge in [-0.2, -0.15) is 23.3 Å². The third-order valence-corrected chi connectivity index (χ3v) is 5.19. The van der Waals surface area contributed by atoms with Gasteiger partial charge in [-0.25, -0.2) is 4.68 Å². The molecule has 9 nitrogen and oxygen atoms in total. The van der Waals surface area contributed by atoms with E-state index in [9.17, 15) is 18.3 Å². The molecule has 0 fully saturated rings. The first-order valence-corrected chi connectivity index (χ1v) is 9.93. The maximum Gasteiger partial charge on any atom is 0.401 e. The fourth-order valence-corrected chi connectivity index (χ4v) is 3.43. The first-order valence-electron chi connectivity index (χ1n) is 9.93. The molecule has 0 saturated heterocycles. The van der Waals surface area contributed by atoms with Gasteiger partial charge in [-0.3, -0.25) is 10.4 Å². The zero-order chi connectivity index (χ0) is 23.8. The van der Waals surface area contributed by atoms with Crippen molar-refractivity contribution in [3.63, 3.8) is 0 Å². The number of fused-ring (bicyclic) bond motifs is 1. The van der Waals surface area contributed by atoms with Crippen LogP contribution < -0.4 is 15.4 Å². The summed E-state index contributed by atoms with van der Waals surface area (Å²) in [5, 5.41) is 27.8. The van der Waals surface area contributed by atoms with E-state index in [0.29, 0.717) is 17.3 Å². The molecular weight excluding hydrogens is 439 g/mol. The molecule has 2 aromatic carbocycles. The molecule has 2 aromatic heterocycles. The van der Waals surface area contributed by atoms with Crippen molar-refractivity contribution in [2.24, 2.45) is 7.05 Å². The lowest BCUT2D eigenvalue weighted by Crippen LogP contribution is -2.32. The van der Waals surface area contributed by atoms with Crippen molar-refractivity contribution in [2.45, 2.75) is 19.3 Å². The minimum atomic E-state index is -4.45. The zero-order valence-electron chi connectivity index (χ0n) is 18.0. The molecule has 0 aliphatic rings. The van der Waals surface area contributed by atoms with E-state index in [1.807, 2.05) is 24.4 Å². The van der Waals surface area contributed by atoms with Crippen LogP contribution in [0.2, 0.25) is 0 Å². The largest absolute Gasteiger partial charge is 0.496 e. The predicted octanol–water partition coefficient (Wildman–Crippen LogP) is 3.56. The number of halogens is 3. The second-order valence-corrected chi connectivity index (χ2v) is 7.43. The van der Waals surface area contributed by atoms with Gasteiger partial charge < -0.3 is 15.2 Å². The van der Waals surface area contributed by atoms with E-state index in [1.54, 1.807) is 30.1 Å². The number of hydrogen-bond acceptors (Lipinski definition) is 7. The average molecular weight is 461 g/mol. The Morgan fingerprint density at radius 2 is 2.03 bits per heavy atom. The predicted molar refractivity (Wildman–Crippen MR) is 116 cm³/mol. The van der Waals surface area contributed by atoms with Crippen molar-refractivity contribution in [3.05, 3.63) is 47.7 Å². The number of aromatic nitrogens is 5. The lowest BCUT2D eigenvalue weighted by atomic mass is 10.1. The van der Waals surface area contributed by atoms with Gasteiger partial charge in [0.1, 0.15) is 12.0 Å². The summed E-state index contributed by atoms with van der Waals surface area (Å²) in [5.41, 5.74) is 3.51. The highest BCUT2D eigenvalue weighted by Crippen LogP contribution is 2.31. The number of hydrogen-bond donors (Lipinski definition) is 4. The lowest BCUT2D eigenvalue weighted by Gasteiger charge is -2.17. The molecule has 0 spiro atoms. The second kappa shape index (κ2) is 8.71. The Labute approximate surface area is 186 Å².